The number of thiophene rings is 1. The third-order valence-corrected chi connectivity index (χ3v) is 6.45. The van der Waals surface area contributed by atoms with Crippen LogP contribution in [0.15, 0.2) is 74.8 Å². The first-order chi connectivity index (χ1) is 13.0. The molecule has 4 rings (SSSR count). The van der Waals surface area contributed by atoms with E-state index in [9.17, 15) is 12.8 Å². The van der Waals surface area contributed by atoms with Crippen molar-refractivity contribution < 1.29 is 17.3 Å². The first kappa shape index (κ1) is 17.4. The van der Waals surface area contributed by atoms with E-state index in [4.69, 9.17) is 4.52 Å². The average molecular weight is 401 g/mol. The molecule has 0 amide bonds. The van der Waals surface area contributed by atoms with Crippen molar-refractivity contribution in [3.05, 3.63) is 71.9 Å². The maximum Gasteiger partial charge on any atom is 0.271 e. The van der Waals surface area contributed by atoms with Gasteiger partial charge < -0.3 is 4.52 Å². The molecule has 0 atom stereocenters. The summed E-state index contributed by atoms with van der Waals surface area (Å²) in [4.78, 5) is 4.29. The molecule has 0 spiro atoms. The van der Waals surface area contributed by atoms with Gasteiger partial charge in [-0.05, 0) is 60.0 Å². The Balaban J connectivity index is 1.54. The summed E-state index contributed by atoms with van der Waals surface area (Å²) < 4.78 is 45.4. The molecule has 0 aliphatic rings. The van der Waals surface area contributed by atoms with E-state index in [0.29, 0.717) is 22.6 Å². The van der Waals surface area contributed by atoms with E-state index in [-0.39, 0.29) is 15.9 Å². The molecule has 136 valence electrons. The molecular weight excluding hydrogens is 389 g/mol. The van der Waals surface area contributed by atoms with Crippen LogP contribution in [-0.2, 0) is 10.0 Å². The van der Waals surface area contributed by atoms with E-state index in [1.165, 1.54) is 18.2 Å². The molecule has 0 saturated carbocycles. The largest absolute Gasteiger partial charge is 0.334 e. The minimum absolute atomic E-state index is 0.244. The second-order valence-corrected chi connectivity index (χ2v) is 8.40. The van der Waals surface area contributed by atoms with E-state index in [1.54, 1.807) is 47.8 Å². The van der Waals surface area contributed by atoms with Gasteiger partial charge in [0.15, 0.2) is 0 Å². The highest BCUT2D eigenvalue weighted by molar-refractivity contribution is 7.94. The number of halogens is 1. The highest BCUT2D eigenvalue weighted by Gasteiger charge is 2.16. The number of rotatable bonds is 5. The lowest BCUT2D eigenvalue weighted by Gasteiger charge is -2.06. The zero-order valence-electron chi connectivity index (χ0n) is 13.7. The van der Waals surface area contributed by atoms with Crippen molar-refractivity contribution >= 4 is 27.0 Å². The van der Waals surface area contributed by atoms with E-state index in [1.807, 2.05) is 0 Å². The van der Waals surface area contributed by atoms with Gasteiger partial charge in [0, 0.05) is 16.8 Å². The molecule has 1 N–H and O–H groups in total. The molecule has 27 heavy (non-hydrogen) atoms. The summed E-state index contributed by atoms with van der Waals surface area (Å²) in [6.07, 6.45) is 0. The van der Waals surface area contributed by atoms with Crippen molar-refractivity contribution in [3.63, 3.8) is 0 Å². The van der Waals surface area contributed by atoms with E-state index < -0.39 is 10.0 Å². The van der Waals surface area contributed by atoms with Gasteiger partial charge in [0.05, 0.1) is 0 Å². The molecule has 0 aliphatic heterocycles. The first-order valence-corrected chi connectivity index (χ1v) is 10.1. The summed E-state index contributed by atoms with van der Waals surface area (Å²) in [6, 6.07) is 15.6. The molecule has 9 heteroatoms. The predicted octanol–water partition coefficient (Wildman–Crippen LogP) is 4.41. The van der Waals surface area contributed by atoms with Crippen LogP contribution in [0.5, 0.6) is 0 Å². The quantitative estimate of drug-likeness (QED) is 0.536. The van der Waals surface area contributed by atoms with Crippen molar-refractivity contribution in [2.45, 2.75) is 4.21 Å². The molecule has 2 aromatic carbocycles. The van der Waals surface area contributed by atoms with Gasteiger partial charge in [0.2, 0.25) is 5.82 Å². The molecule has 0 bridgehead atoms. The van der Waals surface area contributed by atoms with Crippen molar-refractivity contribution in [2.24, 2.45) is 0 Å². The zero-order valence-corrected chi connectivity index (χ0v) is 15.3. The fourth-order valence-electron chi connectivity index (χ4n) is 2.36. The molecule has 0 unspecified atom stereocenters. The number of benzene rings is 2. The third kappa shape index (κ3) is 3.74. The maximum atomic E-state index is 13.0. The van der Waals surface area contributed by atoms with Gasteiger partial charge in [-0.3, -0.25) is 4.72 Å². The summed E-state index contributed by atoms with van der Waals surface area (Å²) >= 11 is 1.14. The topological polar surface area (TPSA) is 85.1 Å². The summed E-state index contributed by atoms with van der Waals surface area (Å²) in [7, 11) is -3.59. The number of hydrogen-bond acceptors (Lipinski definition) is 6. The molecule has 6 nitrogen and oxygen atoms in total. The lowest BCUT2D eigenvalue weighted by Crippen LogP contribution is -2.11. The third-order valence-electron chi connectivity index (χ3n) is 3.67. The van der Waals surface area contributed by atoms with E-state index in [0.717, 1.165) is 11.3 Å². The number of aromatic nitrogens is 2. The Morgan fingerprint density at radius 2 is 1.67 bits per heavy atom. The summed E-state index contributed by atoms with van der Waals surface area (Å²) in [5, 5.41) is 5.61. The smallest absolute Gasteiger partial charge is 0.271 e. The Morgan fingerprint density at radius 3 is 2.33 bits per heavy atom. The normalized spacial score (nSPS) is 11.4. The number of nitrogens with zero attached hydrogens (tertiary/aromatic N) is 2. The lowest BCUT2D eigenvalue weighted by molar-refractivity contribution is 0.432. The molecule has 4 aromatic rings. The molecule has 0 saturated heterocycles. The van der Waals surface area contributed by atoms with Gasteiger partial charge in [-0.25, -0.2) is 12.8 Å². The predicted molar refractivity (Wildman–Crippen MR) is 100 cm³/mol. The van der Waals surface area contributed by atoms with Crippen molar-refractivity contribution in [3.8, 4) is 22.8 Å². The van der Waals surface area contributed by atoms with E-state index in [2.05, 4.69) is 14.9 Å². The molecule has 2 aromatic heterocycles. The number of nitrogens with one attached hydrogen (secondary N) is 1. The molecule has 0 aliphatic carbocycles. The van der Waals surface area contributed by atoms with Crippen molar-refractivity contribution in [1.82, 2.24) is 10.1 Å². The SMILES string of the molecule is O=S(=O)(Nc1ccc(-c2noc(-c3ccc(F)cc3)n2)cc1)c1cccs1. The number of anilines is 1. The monoisotopic (exact) mass is 401 g/mol. The highest BCUT2D eigenvalue weighted by atomic mass is 32.2. The average Bonchev–Trinajstić information content (AvgIpc) is 3.35. The summed E-state index contributed by atoms with van der Waals surface area (Å²) in [6.45, 7) is 0. The minimum atomic E-state index is -3.59. The van der Waals surface area contributed by atoms with Crippen LogP contribution in [0.4, 0.5) is 10.1 Å². The Hall–Kier alpha value is -3.04. The van der Waals surface area contributed by atoms with Gasteiger partial charge in [-0.15, -0.1) is 11.3 Å². The Kier molecular flexibility index (Phi) is 4.46. The lowest BCUT2D eigenvalue weighted by atomic mass is 10.2. The van der Waals surface area contributed by atoms with Gasteiger partial charge in [-0.1, -0.05) is 11.2 Å². The van der Waals surface area contributed by atoms with Crippen LogP contribution in [-0.4, -0.2) is 18.6 Å². The van der Waals surface area contributed by atoms with Crippen LogP contribution < -0.4 is 4.72 Å². The maximum absolute atomic E-state index is 13.0. The van der Waals surface area contributed by atoms with Crippen LogP contribution in [0, 0.1) is 5.82 Å². The second kappa shape index (κ2) is 6.93. The van der Waals surface area contributed by atoms with Crippen molar-refractivity contribution in [1.29, 1.82) is 0 Å². The van der Waals surface area contributed by atoms with Gasteiger partial charge in [-0.2, -0.15) is 4.98 Å². The second-order valence-electron chi connectivity index (χ2n) is 5.54. The van der Waals surface area contributed by atoms with Gasteiger partial charge >= 0.3 is 0 Å². The molecular formula is C18H12FN3O3S2. The minimum Gasteiger partial charge on any atom is -0.334 e. The Morgan fingerprint density at radius 1 is 0.963 bits per heavy atom. The molecule has 2 heterocycles. The van der Waals surface area contributed by atoms with Gasteiger partial charge in [0.25, 0.3) is 15.9 Å². The van der Waals surface area contributed by atoms with Crippen LogP contribution in [0.25, 0.3) is 22.8 Å². The summed E-state index contributed by atoms with van der Waals surface area (Å²) in [5.74, 6) is 0.272. The highest BCUT2D eigenvalue weighted by Crippen LogP contribution is 2.25. The molecule has 0 fully saturated rings. The standard InChI is InChI=1S/C18H12FN3O3S2/c19-14-7-3-13(4-8-14)18-20-17(21-25-18)12-5-9-15(10-6-12)22-27(23,24)16-2-1-11-26-16/h1-11,22H. The van der Waals surface area contributed by atoms with Crippen LogP contribution in [0.1, 0.15) is 0 Å². The van der Waals surface area contributed by atoms with Gasteiger partial charge in [0.1, 0.15) is 10.0 Å². The first-order valence-electron chi connectivity index (χ1n) is 7.78. The number of hydrogen-bond donors (Lipinski definition) is 1. The zero-order chi connectivity index (χ0) is 18.9. The van der Waals surface area contributed by atoms with Crippen LogP contribution in [0.3, 0.4) is 0 Å². The summed E-state index contributed by atoms with van der Waals surface area (Å²) in [5.41, 5.74) is 1.69. The van der Waals surface area contributed by atoms with Crippen LogP contribution >= 0.6 is 11.3 Å². The van der Waals surface area contributed by atoms with Crippen LogP contribution in [0.2, 0.25) is 0 Å². The Labute approximate surface area is 158 Å². The fraction of sp³-hybridized carbons (Fsp3) is 0. The van der Waals surface area contributed by atoms with Crippen molar-refractivity contribution in [2.75, 3.05) is 4.72 Å². The number of sulfonamides is 1. The van der Waals surface area contributed by atoms with E-state index >= 15 is 0 Å². The molecule has 0 radical (unpaired) electrons. The fourth-order valence-corrected chi connectivity index (χ4v) is 4.41. The Bertz CT molecular complexity index is 1150.